The highest BCUT2D eigenvalue weighted by atomic mass is 16.5. The molecule has 15 heteroatoms. The lowest BCUT2D eigenvalue weighted by molar-refractivity contribution is -0.138. The van der Waals surface area contributed by atoms with E-state index in [1.807, 2.05) is 75.2 Å². The van der Waals surface area contributed by atoms with E-state index in [1.54, 1.807) is 4.90 Å². The van der Waals surface area contributed by atoms with Crippen LogP contribution in [0.25, 0.3) is 55.3 Å². The van der Waals surface area contributed by atoms with Gasteiger partial charge in [-0.2, -0.15) is 0 Å². The zero-order chi connectivity index (χ0) is 39.4. The van der Waals surface area contributed by atoms with Crippen molar-refractivity contribution in [3.05, 3.63) is 54.2 Å². The van der Waals surface area contributed by atoms with E-state index in [4.69, 9.17) is 24.1 Å². The first-order chi connectivity index (χ1) is 26.9. The molecule has 4 amide bonds. The van der Waals surface area contributed by atoms with E-state index in [-0.39, 0.29) is 41.6 Å². The quantitative estimate of drug-likeness (QED) is 0.132. The van der Waals surface area contributed by atoms with Gasteiger partial charge >= 0.3 is 6.09 Å². The fourth-order valence-electron chi connectivity index (χ4n) is 8.28. The molecule has 4 N–H and O–H groups in total. The minimum Gasteiger partial charge on any atom is -0.453 e. The van der Waals surface area contributed by atoms with Crippen LogP contribution in [0.1, 0.15) is 84.0 Å². The number of rotatable bonds is 9. The summed E-state index contributed by atoms with van der Waals surface area (Å²) in [5, 5.41) is 8.25. The van der Waals surface area contributed by atoms with E-state index in [1.165, 1.54) is 14.0 Å². The van der Waals surface area contributed by atoms with Crippen LogP contribution in [-0.4, -0.2) is 90.8 Å². The molecule has 0 bridgehead atoms. The summed E-state index contributed by atoms with van der Waals surface area (Å²) in [6.45, 7) is 10.2. The molecule has 2 saturated heterocycles. The summed E-state index contributed by atoms with van der Waals surface area (Å²) in [5.41, 5.74) is 4.38. The number of imidazole rings is 2. The largest absolute Gasteiger partial charge is 0.453 e. The van der Waals surface area contributed by atoms with Gasteiger partial charge in [-0.15, -0.1) is 0 Å². The third kappa shape index (κ3) is 6.58. The number of likely N-dealkylation sites (tertiary alicyclic amines) is 2. The van der Waals surface area contributed by atoms with Crippen molar-refractivity contribution in [1.29, 1.82) is 0 Å². The van der Waals surface area contributed by atoms with Gasteiger partial charge in [-0.05, 0) is 73.2 Å². The smallest absolute Gasteiger partial charge is 0.407 e. The van der Waals surface area contributed by atoms with E-state index in [0.717, 1.165) is 64.1 Å². The number of furan rings is 1. The van der Waals surface area contributed by atoms with Gasteiger partial charge in [0.05, 0.1) is 35.9 Å². The predicted octanol–water partition coefficient (Wildman–Crippen LogP) is 6.27. The van der Waals surface area contributed by atoms with Crippen LogP contribution < -0.4 is 10.6 Å². The molecule has 4 atom stereocenters. The number of aromatic amines is 2. The molecule has 2 aliphatic heterocycles. The number of carbonyl (C=O) groups excluding carboxylic acids is 4. The van der Waals surface area contributed by atoms with Gasteiger partial charge in [0.25, 0.3) is 0 Å². The number of carbonyl (C=O) groups is 4. The number of aromatic nitrogens is 5. The molecule has 0 saturated carbocycles. The first-order valence-corrected chi connectivity index (χ1v) is 19.4. The molecule has 6 heterocycles. The normalized spacial score (nSPS) is 18.5. The van der Waals surface area contributed by atoms with E-state index < -0.39 is 18.2 Å². The lowest BCUT2D eigenvalue weighted by Gasteiger charge is -2.30. The Hall–Kier alpha value is -5.99. The molecule has 0 radical (unpaired) electrons. The maximum atomic E-state index is 13.7. The highest BCUT2D eigenvalue weighted by molar-refractivity contribution is 6.05. The van der Waals surface area contributed by atoms with Crippen LogP contribution in [0.5, 0.6) is 0 Å². The fraction of sp³-hybridized carbons (Fsp3) is 0.439. The Labute approximate surface area is 322 Å². The SMILES string of the molecule is COC(=O)N[C@H](C(=O)N1CCC[C@H]1c1nc2ccc3cc(-c4cc5ccc6[nH]c([C@@H]7CCCN7C(=O)[C@@H](NC(C)=O)C(C)C)nc6c5o4)[nH]cc3c2n1)C(C)C. The number of nitrogens with zero attached hydrogens (tertiary/aromatic N) is 5. The summed E-state index contributed by atoms with van der Waals surface area (Å²) in [7, 11) is 1.28. The maximum Gasteiger partial charge on any atom is 0.407 e. The molecule has 2 aromatic carbocycles. The van der Waals surface area contributed by atoms with E-state index in [0.29, 0.717) is 41.6 Å². The molecule has 2 aliphatic rings. The molecule has 2 fully saturated rings. The Kier molecular flexibility index (Phi) is 9.63. The highest BCUT2D eigenvalue weighted by Gasteiger charge is 2.39. The topological polar surface area (TPSA) is 191 Å². The van der Waals surface area contributed by atoms with Crippen LogP contribution in [0.3, 0.4) is 0 Å². The number of fused-ring (bicyclic) bond motifs is 6. The first kappa shape index (κ1) is 37.0. The van der Waals surface area contributed by atoms with Crippen LogP contribution in [0.15, 0.2) is 47.0 Å². The van der Waals surface area contributed by atoms with Crippen LogP contribution in [-0.2, 0) is 19.1 Å². The molecule has 4 aromatic heterocycles. The first-order valence-electron chi connectivity index (χ1n) is 19.4. The number of benzene rings is 2. The molecule has 0 unspecified atom stereocenters. The van der Waals surface area contributed by atoms with Gasteiger partial charge < -0.3 is 39.6 Å². The van der Waals surface area contributed by atoms with Crippen molar-refractivity contribution in [2.75, 3.05) is 20.2 Å². The Balaban J connectivity index is 1.07. The van der Waals surface area contributed by atoms with Crippen molar-refractivity contribution in [2.45, 2.75) is 84.5 Å². The van der Waals surface area contributed by atoms with Gasteiger partial charge in [-0.25, -0.2) is 19.7 Å². The molecule has 6 aromatic rings. The zero-order valence-corrected chi connectivity index (χ0v) is 32.4. The minimum atomic E-state index is -0.723. The van der Waals surface area contributed by atoms with Gasteiger partial charge in [0.2, 0.25) is 17.7 Å². The van der Waals surface area contributed by atoms with Gasteiger partial charge in [0.15, 0.2) is 17.2 Å². The average molecular weight is 762 g/mol. The van der Waals surface area contributed by atoms with Crippen LogP contribution >= 0.6 is 0 Å². The van der Waals surface area contributed by atoms with Crippen molar-refractivity contribution < 1.29 is 28.3 Å². The number of methoxy groups -OCH3 is 1. The Morgan fingerprint density at radius 1 is 0.839 bits per heavy atom. The minimum absolute atomic E-state index is 0.0560. The second-order valence-electron chi connectivity index (χ2n) is 15.6. The number of pyridine rings is 1. The number of hydrogen-bond acceptors (Lipinski definition) is 9. The molecular formula is C41H47N9O6. The number of hydrogen-bond donors (Lipinski definition) is 4. The van der Waals surface area contributed by atoms with Crippen molar-refractivity contribution >= 4 is 67.6 Å². The number of ether oxygens (including phenoxy) is 1. The summed E-state index contributed by atoms with van der Waals surface area (Å²) in [5.74, 6) is 1.23. The van der Waals surface area contributed by atoms with Gasteiger partial charge in [-0.1, -0.05) is 33.8 Å². The van der Waals surface area contributed by atoms with Crippen molar-refractivity contribution in [3.8, 4) is 11.5 Å². The fourth-order valence-corrected chi connectivity index (χ4v) is 8.28. The molecule has 292 valence electrons. The van der Waals surface area contributed by atoms with Gasteiger partial charge in [0.1, 0.15) is 28.9 Å². The number of H-pyrrole nitrogens is 2. The molecule has 56 heavy (non-hydrogen) atoms. The van der Waals surface area contributed by atoms with E-state index >= 15 is 0 Å². The lowest BCUT2D eigenvalue weighted by Crippen LogP contribution is -2.51. The van der Waals surface area contributed by atoms with E-state index in [2.05, 4.69) is 20.6 Å². The number of alkyl carbamates (subject to hydrolysis) is 1. The van der Waals surface area contributed by atoms with Crippen molar-refractivity contribution in [1.82, 2.24) is 45.4 Å². The molecule has 0 aliphatic carbocycles. The van der Waals surface area contributed by atoms with Crippen LogP contribution in [0.2, 0.25) is 0 Å². The average Bonchev–Trinajstić information content (AvgIpc) is 4.02. The van der Waals surface area contributed by atoms with Crippen molar-refractivity contribution in [2.24, 2.45) is 11.8 Å². The number of amides is 4. The summed E-state index contributed by atoms with van der Waals surface area (Å²) < 4.78 is 11.3. The van der Waals surface area contributed by atoms with Crippen LogP contribution in [0, 0.1) is 11.8 Å². The third-order valence-electron chi connectivity index (χ3n) is 11.2. The predicted molar refractivity (Wildman–Crippen MR) is 210 cm³/mol. The molecule has 15 nitrogen and oxygen atoms in total. The van der Waals surface area contributed by atoms with Crippen molar-refractivity contribution in [3.63, 3.8) is 0 Å². The summed E-state index contributed by atoms with van der Waals surface area (Å²) in [4.78, 5) is 76.6. The third-order valence-corrected chi connectivity index (χ3v) is 11.2. The molecular weight excluding hydrogens is 715 g/mol. The standard InChI is InChI=1S/C41H47N9O6/c1-20(2)32(43-22(5)51)39(52)49-15-8-10-30(49)38-45-27-14-12-24-18-31(56-36(24)35(27)47-38)28-17-23-11-13-26-34(25(23)19-42-28)46-37(44-26)29-9-7-16-50(29)40(53)33(21(3)4)48-41(54)55-6/h11-14,17-21,29-30,32-33,42H,7-10,15-16H2,1-6H3,(H,43,51)(H,45,47)(H,48,54)/t29-,30-,32-,33-/m0/s1. The maximum absolute atomic E-state index is 13.7. The molecule has 8 rings (SSSR count). The number of nitrogens with one attached hydrogen (secondary N) is 4. The Morgan fingerprint density at radius 3 is 2.21 bits per heavy atom. The van der Waals surface area contributed by atoms with Gasteiger partial charge in [0, 0.05) is 37.0 Å². The van der Waals surface area contributed by atoms with Crippen LogP contribution in [0.4, 0.5) is 4.79 Å². The second kappa shape index (κ2) is 14.6. The highest BCUT2D eigenvalue weighted by Crippen LogP contribution is 2.38. The Morgan fingerprint density at radius 2 is 1.52 bits per heavy atom. The second-order valence-corrected chi connectivity index (χ2v) is 15.6. The Bertz CT molecular complexity index is 2500. The molecule has 0 spiro atoms. The summed E-state index contributed by atoms with van der Waals surface area (Å²) >= 11 is 0. The summed E-state index contributed by atoms with van der Waals surface area (Å²) in [6, 6.07) is 10.1. The summed E-state index contributed by atoms with van der Waals surface area (Å²) in [6.07, 6.45) is 4.41. The van der Waals surface area contributed by atoms with Gasteiger partial charge in [-0.3, -0.25) is 14.4 Å². The lowest BCUT2D eigenvalue weighted by atomic mass is 10.0. The zero-order valence-electron chi connectivity index (χ0n) is 32.4. The van der Waals surface area contributed by atoms with E-state index in [9.17, 15) is 19.2 Å². The monoisotopic (exact) mass is 761 g/mol.